The van der Waals surface area contributed by atoms with Crippen molar-refractivity contribution in [3.8, 4) is 0 Å². The molecule has 0 bridgehead atoms. The van der Waals surface area contributed by atoms with E-state index in [-0.39, 0.29) is 0 Å². The number of hydrogen-bond acceptors (Lipinski definition) is 2. The van der Waals surface area contributed by atoms with Crippen molar-refractivity contribution in [3.05, 3.63) is 29.8 Å². The fourth-order valence-corrected chi connectivity index (χ4v) is 1.25. The summed E-state index contributed by atoms with van der Waals surface area (Å²) in [5.74, 6) is 0. The summed E-state index contributed by atoms with van der Waals surface area (Å²) >= 11 is -1.28. The Kier molecular flexibility index (Phi) is 2.68. The molecule has 58 valence electrons. The summed E-state index contributed by atoms with van der Waals surface area (Å²) < 4.78 is 14.4. The molecule has 11 heavy (non-hydrogen) atoms. The maximum Gasteiger partial charge on any atom is 0.182 e. The van der Waals surface area contributed by atoms with Crippen molar-refractivity contribution in [2.24, 2.45) is 4.40 Å². The first-order valence-corrected chi connectivity index (χ1v) is 4.30. The van der Waals surface area contributed by atoms with Crippen LogP contribution in [-0.2, 0) is 11.4 Å². The third kappa shape index (κ3) is 2.06. The van der Waals surface area contributed by atoms with Gasteiger partial charge in [0.1, 0.15) is 11.4 Å². The molecule has 0 aliphatic heterocycles. The van der Waals surface area contributed by atoms with Crippen molar-refractivity contribution in [2.75, 3.05) is 0 Å². The van der Waals surface area contributed by atoms with Gasteiger partial charge in [-0.05, 0) is 19.1 Å². The van der Waals surface area contributed by atoms with Crippen molar-refractivity contribution < 1.29 is 4.55 Å². The molecular weight excluding hydrogens is 158 g/mol. The predicted octanol–water partition coefficient (Wildman–Crippen LogP) is 1.72. The highest BCUT2D eigenvalue weighted by Gasteiger charge is 2.05. The summed E-state index contributed by atoms with van der Waals surface area (Å²) in [6.45, 7) is 5.19. The van der Waals surface area contributed by atoms with Crippen LogP contribution in [-0.4, -0.2) is 11.3 Å². The van der Waals surface area contributed by atoms with Crippen LogP contribution in [0.25, 0.3) is 0 Å². The summed E-state index contributed by atoms with van der Waals surface area (Å²) in [4.78, 5) is 0.700. The van der Waals surface area contributed by atoms with Gasteiger partial charge in [0.25, 0.3) is 0 Å². The van der Waals surface area contributed by atoms with E-state index in [0.29, 0.717) is 4.90 Å². The van der Waals surface area contributed by atoms with Gasteiger partial charge in [-0.1, -0.05) is 22.1 Å². The largest absolute Gasteiger partial charge is 0.586 e. The fraction of sp³-hybridized carbons (Fsp3) is 0.125. The summed E-state index contributed by atoms with van der Waals surface area (Å²) in [6, 6.07) is 7.39. The van der Waals surface area contributed by atoms with Crippen molar-refractivity contribution >= 4 is 18.1 Å². The first-order valence-electron chi connectivity index (χ1n) is 3.19. The van der Waals surface area contributed by atoms with Crippen LogP contribution in [0.1, 0.15) is 5.56 Å². The standard InChI is InChI=1S/C8H9NOS/c1-7-3-5-8(6-4-7)11(10)9-2/h3-6H,2H2,1H3/t11-/m0/s1. The summed E-state index contributed by atoms with van der Waals surface area (Å²) in [5, 5.41) is 0. The van der Waals surface area contributed by atoms with E-state index in [0.717, 1.165) is 5.56 Å². The Hall–Kier alpha value is -0.800. The van der Waals surface area contributed by atoms with Crippen LogP contribution in [0.4, 0.5) is 0 Å². The predicted molar refractivity (Wildman–Crippen MR) is 47.1 cm³/mol. The molecule has 3 heteroatoms. The van der Waals surface area contributed by atoms with Crippen molar-refractivity contribution in [1.82, 2.24) is 0 Å². The van der Waals surface area contributed by atoms with Gasteiger partial charge in [-0.15, -0.1) is 0 Å². The molecule has 0 heterocycles. The number of nitrogens with zero attached hydrogens (tertiary/aromatic N) is 1. The molecule has 1 atom stereocenters. The second kappa shape index (κ2) is 3.55. The van der Waals surface area contributed by atoms with Crippen LogP contribution < -0.4 is 0 Å². The van der Waals surface area contributed by atoms with E-state index in [1.54, 1.807) is 12.1 Å². The van der Waals surface area contributed by atoms with Gasteiger partial charge >= 0.3 is 0 Å². The molecule has 0 fully saturated rings. The SMILES string of the molecule is C=N[S@@+]([O-])c1ccc(C)cc1. The normalized spacial score (nSPS) is 12.5. The Balaban J connectivity index is 2.89. The number of hydrogen-bond donors (Lipinski definition) is 0. The zero-order valence-corrected chi connectivity index (χ0v) is 7.10. The van der Waals surface area contributed by atoms with Crippen LogP contribution in [0.3, 0.4) is 0 Å². The van der Waals surface area contributed by atoms with E-state index in [1.807, 2.05) is 19.1 Å². The van der Waals surface area contributed by atoms with Gasteiger partial charge in [0, 0.05) is 6.72 Å². The molecule has 0 N–H and O–H groups in total. The second-order valence-electron chi connectivity index (χ2n) is 2.19. The van der Waals surface area contributed by atoms with E-state index >= 15 is 0 Å². The number of benzene rings is 1. The van der Waals surface area contributed by atoms with Gasteiger partial charge in [0.2, 0.25) is 0 Å². The first kappa shape index (κ1) is 8.30. The van der Waals surface area contributed by atoms with E-state index < -0.39 is 11.4 Å². The second-order valence-corrected chi connectivity index (χ2v) is 3.42. The molecule has 0 amide bonds. The summed E-state index contributed by atoms with van der Waals surface area (Å²) in [7, 11) is 0. The zero-order valence-electron chi connectivity index (χ0n) is 6.28. The maximum atomic E-state index is 11.0. The molecule has 0 aromatic heterocycles. The van der Waals surface area contributed by atoms with Gasteiger partial charge in [-0.2, -0.15) is 0 Å². The lowest BCUT2D eigenvalue weighted by molar-refractivity contribution is 0.597. The highest BCUT2D eigenvalue weighted by Crippen LogP contribution is 2.11. The minimum atomic E-state index is -1.28. The summed E-state index contributed by atoms with van der Waals surface area (Å²) in [5.41, 5.74) is 1.15. The minimum absolute atomic E-state index is 0.700. The minimum Gasteiger partial charge on any atom is -0.586 e. The van der Waals surface area contributed by atoms with Gasteiger partial charge in [0.15, 0.2) is 4.90 Å². The van der Waals surface area contributed by atoms with Gasteiger partial charge in [0.05, 0.1) is 0 Å². The van der Waals surface area contributed by atoms with Gasteiger partial charge in [-0.25, -0.2) is 0 Å². The molecule has 1 aromatic rings. The Morgan fingerprint density at radius 2 is 1.91 bits per heavy atom. The molecule has 0 unspecified atom stereocenters. The maximum absolute atomic E-state index is 11.0. The Labute approximate surface area is 69.3 Å². The van der Waals surface area contributed by atoms with E-state index in [1.165, 1.54) is 0 Å². The molecule has 0 aliphatic rings. The zero-order chi connectivity index (χ0) is 8.27. The van der Waals surface area contributed by atoms with Crippen molar-refractivity contribution in [3.63, 3.8) is 0 Å². The van der Waals surface area contributed by atoms with E-state index in [9.17, 15) is 4.55 Å². The van der Waals surface area contributed by atoms with Crippen molar-refractivity contribution in [2.45, 2.75) is 11.8 Å². The molecular formula is C8H9NOS. The third-order valence-corrected chi connectivity index (χ3v) is 2.25. The van der Waals surface area contributed by atoms with Gasteiger partial charge in [-0.3, -0.25) is 0 Å². The Bertz CT molecular complexity index is 245. The smallest absolute Gasteiger partial charge is 0.182 e. The lowest BCUT2D eigenvalue weighted by Crippen LogP contribution is -1.94. The van der Waals surface area contributed by atoms with Crippen LogP contribution in [0.2, 0.25) is 0 Å². The highest BCUT2D eigenvalue weighted by atomic mass is 32.2. The molecule has 2 nitrogen and oxygen atoms in total. The molecule has 0 spiro atoms. The topological polar surface area (TPSA) is 35.4 Å². The van der Waals surface area contributed by atoms with Crippen molar-refractivity contribution in [1.29, 1.82) is 0 Å². The van der Waals surface area contributed by atoms with E-state index in [4.69, 9.17) is 0 Å². The molecule has 0 aliphatic carbocycles. The van der Waals surface area contributed by atoms with Crippen LogP contribution in [0.5, 0.6) is 0 Å². The van der Waals surface area contributed by atoms with Crippen LogP contribution in [0, 0.1) is 6.92 Å². The lowest BCUT2D eigenvalue weighted by Gasteiger charge is -2.00. The first-order chi connectivity index (χ1) is 5.24. The number of rotatable bonds is 2. The lowest BCUT2D eigenvalue weighted by atomic mass is 10.2. The molecule has 0 saturated carbocycles. The summed E-state index contributed by atoms with van der Waals surface area (Å²) in [6.07, 6.45) is 0. The molecule has 1 aromatic carbocycles. The van der Waals surface area contributed by atoms with Crippen LogP contribution >= 0.6 is 0 Å². The number of aryl methyl sites for hydroxylation is 1. The monoisotopic (exact) mass is 167 g/mol. The average molecular weight is 167 g/mol. The quantitative estimate of drug-likeness (QED) is 0.488. The van der Waals surface area contributed by atoms with Crippen LogP contribution in [0.15, 0.2) is 33.6 Å². The molecule has 0 saturated heterocycles. The average Bonchev–Trinajstić information content (AvgIpc) is 2.05. The molecule has 1 rings (SSSR count). The Morgan fingerprint density at radius 3 is 2.36 bits per heavy atom. The third-order valence-electron chi connectivity index (χ3n) is 1.34. The Morgan fingerprint density at radius 1 is 1.36 bits per heavy atom. The van der Waals surface area contributed by atoms with Gasteiger partial charge < -0.3 is 4.55 Å². The molecule has 0 radical (unpaired) electrons. The highest BCUT2D eigenvalue weighted by molar-refractivity contribution is 7.90. The van der Waals surface area contributed by atoms with E-state index in [2.05, 4.69) is 11.1 Å². The fourth-order valence-electron chi connectivity index (χ4n) is 0.729.